The van der Waals surface area contributed by atoms with Gasteiger partial charge in [0.2, 0.25) is 0 Å². The predicted molar refractivity (Wildman–Crippen MR) is 123 cm³/mol. The number of nitrogens with one attached hydrogen (secondary N) is 1. The number of alkyl halides is 3. The van der Waals surface area contributed by atoms with Gasteiger partial charge in [-0.25, -0.2) is 4.79 Å². The zero-order valence-corrected chi connectivity index (χ0v) is 19.4. The quantitative estimate of drug-likeness (QED) is 0.640. The van der Waals surface area contributed by atoms with E-state index in [-0.39, 0.29) is 5.91 Å². The number of carbonyl (C=O) groups is 2. The monoisotopic (exact) mass is 483 g/mol. The number of hydrogen-bond donors (Lipinski definition) is 2. The van der Waals surface area contributed by atoms with Crippen LogP contribution in [0.25, 0.3) is 0 Å². The van der Waals surface area contributed by atoms with Gasteiger partial charge >= 0.3 is 12.1 Å². The molecule has 10 heteroatoms. The van der Waals surface area contributed by atoms with Crippen molar-refractivity contribution in [1.29, 1.82) is 0 Å². The van der Waals surface area contributed by atoms with E-state index >= 15 is 0 Å². The van der Waals surface area contributed by atoms with Gasteiger partial charge in [0, 0.05) is 36.5 Å². The molecule has 180 valence electrons. The summed E-state index contributed by atoms with van der Waals surface area (Å²) in [5.41, 5.74) is 3.28. The molecule has 6 nitrogen and oxygen atoms in total. The van der Waals surface area contributed by atoms with Gasteiger partial charge < -0.3 is 15.3 Å². The van der Waals surface area contributed by atoms with E-state index < -0.39 is 12.1 Å². The van der Waals surface area contributed by atoms with Gasteiger partial charge in [-0.3, -0.25) is 9.69 Å². The molecule has 2 aliphatic rings. The van der Waals surface area contributed by atoms with Crippen LogP contribution in [0.1, 0.15) is 41.4 Å². The lowest BCUT2D eigenvalue weighted by Gasteiger charge is -2.28. The number of benzene rings is 1. The topological polar surface area (TPSA) is 72.9 Å². The van der Waals surface area contributed by atoms with Crippen molar-refractivity contribution in [2.24, 2.45) is 0 Å². The van der Waals surface area contributed by atoms with Crippen molar-refractivity contribution in [2.75, 3.05) is 29.9 Å². The van der Waals surface area contributed by atoms with E-state index in [4.69, 9.17) is 9.90 Å². The lowest BCUT2D eigenvalue weighted by molar-refractivity contribution is -0.192. The summed E-state index contributed by atoms with van der Waals surface area (Å²) in [5.74, 6) is -2.78. The van der Waals surface area contributed by atoms with Crippen LogP contribution in [-0.2, 0) is 4.79 Å². The van der Waals surface area contributed by atoms with Crippen LogP contribution >= 0.6 is 11.3 Å². The first-order valence-electron chi connectivity index (χ1n) is 10.8. The van der Waals surface area contributed by atoms with Gasteiger partial charge in [0.25, 0.3) is 5.91 Å². The van der Waals surface area contributed by atoms with Gasteiger partial charge in [-0.2, -0.15) is 13.2 Å². The molecule has 0 radical (unpaired) electrons. The van der Waals surface area contributed by atoms with Gasteiger partial charge in [0.1, 0.15) is 0 Å². The molecule has 1 aromatic carbocycles. The molecule has 2 fully saturated rings. The average molecular weight is 484 g/mol. The van der Waals surface area contributed by atoms with Crippen molar-refractivity contribution in [3.8, 4) is 0 Å². The lowest BCUT2D eigenvalue weighted by Crippen LogP contribution is -2.39. The van der Waals surface area contributed by atoms with E-state index in [0.29, 0.717) is 6.04 Å². The summed E-state index contributed by atoms with van der Waals surface area (Å²) >= 11 is 1.47. The molecule has 0 spiro atoms. The molecule has 2 saturated heterocycles. The molecule has 2 atom stereocenters. The second-order valence-corrected chi connectivity index (χ2v) is 9.30. The van der Waals surface area contributed by atoms with Gasteiger partial charge in [0.05, 0.1) is 4.88 Å². The Kier molecular flexibility index (Phi) is 8.01. The summed E-state index contributed by atoms with van der Waals surface area (Å²) in [6, 6.07) is 11.6. The molecule has 1 amide bonds. The summed E-state index contributed by atoms with van der Waals surface area (Å²) in [7, 11) is 0. The number of likely N-dealkylation sites (tertiary alicyclic amines) is 1. The summed E-state index contributed by atoms with van der Waals surface area (Å²) in [6.07, 6.45) is -1.15. The fourth-order valence-corrected chi connectivity index (χ4v) is 4.94. The largest absolute Gasteiger partial charge is 0.490 e. The normalized spacial score (nSPS) is 20.9. The number of carboxylic acids is 1. The number of halogens is 3. The second-order valence-electron chi connectivity index (χ2n) is 8.35. The Bertz CT molecular complexity index is 966. The fourth-order valence-electron chi connectivity index (χ4n) is 4.32. The van der Waals surface area contributed by atoms with Crippen LogP contribution in [0.3, 0.4) is 0 Å². The molecule has 2 aromatic rings. The van der Waals surface area contributed by atoms with Crippen LogP contribution in [0.4, 0.5) is 24.5 Å². The van der Waals surface area contributed by atoms with Crippen LogP contribution in [-0.4, -0.2) is 59.8 Å². The van der Waals surface area contributed by atoms with E-state index in [2.05, 4.69) is 41.1 Å². The average Bonchev–Trinajstić information content (AvgIpc) is 3.50. The SMILES string of the molecule is Cc1cc(N2CCC(N3CCCC3C)C2)ccc1NC(=O)c1cccs1.O=C(O)C(F)(F)F. The Morgan fingerprint density at radius 1 is 1.18 bits per heavy atom. The molecule has 4 rings (SSSR count). The minimum atomic E-state index is -5.08. The first kappa shape index (κ1) is 25.0. The smallest absolute Gasteiger partial charge is 0.475 e. The third-order valence-electron chi connectivity index (χ3n) is 6.05. The Balaban J connectivity index is 0.000000383. The number of aliphatic carboxylic acids is 1. The molecule has 0 saturated carbocycles. The predicted octanol–water partition coefficient (Wildman–Crippen LogP) is 5.01. The van der Waals surface area contributed by atoms with E-state index in [1.54, 1.807) is 0 Å². The minimum Gasteiger partial charge on any atom is -0.475 e. The summed E-state index contributed by atoms with van der Waals surface area (Å²) in [4.78, 5) is 27.1. The summed E-state index contributed by atoms with van der Waals surface area (Å²) in [6.45, 7) is 7.93. The number of rotatable bonds is 4. The maximum absolute atomic E-state index is 12.3. The Morgan fingerprint density at radius 3 is 2.45 bits per heavy atom. The number of nitrogens with zero attached hydrogens (tertiary/aromatic N) is 2. The highest BCUT2D eigenvalue weighted by atomic mass is 32.1. The molecule has 0 aliphatic carbocycles. The van der Waals surface area contributed by atoms with Crippen molar-refractivity contribution in [3.63, 3.8) is 0 Å². The Morgan fingerprint density at radius 2 is 1.91 bits per heavy atom. The van der Waals surface area contributed by atoms with Gasteiger partial charge in [-0.05, 0) is 74.9 Å². The van der Waals surface area contributed by atoms with Crippen molar-refractivity contribution in [3.05, 3.63) is 46.2 Å². The van der Waals surface area contributed by atoms with Crippen molar-refractivity contribution in [1.82, 2.24) is 4.90 Å². The van der Waals surface area contributed by atoms with Crippen molar-refractivity contribution >= 4 is 34.6 Å². The molecule has 2 N–H and O–H groups in total. The lowest BCUT2D eigenvalue weighted by atomic mass is 10.1. The van der Waals surface area contributed by atoms with Crippen LogP contribution < -0.4 is 10.2 Å². The van der Waals surface area contributed by atoms with E-state index in [9.17, 15) is 18.0 Å². The Labute approximate surface area is 195 Å². The molecule has 3 heterocycles. The van der Waals surface area contributed by atoms with Gasteiger partial charge in [0.15, 0.2) is 0 Å². The van der Waals surface area contributed by atoms with Crippen LogP contribution in [0.2, 0.25) is 0 Å². The number of amides is 1. The summed E-state index contributed by atoms with van der Waals surface area (Å²) in [5, 5.41) is 12.1. The van der Waals surface area contributed by atoms with Crippen molar-refractivity contribution < 1.29 is 27.9 Å². The van der Waals surface area contributed by atoms with E-state index in [1.807, 2.05) is 23.6 Å². The molecule has 0 bridgehead atoms. The third kappa shape index (κ3) is 6.48. The van der Waals surface area contributed by atoms with Crippen LogP contribution in [0.15, 0.2) is 35.7 Å². The Hall–Kier alpha value is -2.59. The number of hydrogen-bond acceptors (Lipinski definition) is 5. The molecular weight excluding hydrogens is 455 g/mol. The highest BCUT2D eigenvalue weighted by Gasteiger charge is 2.38. The number of thiophene rings is 1. The minimum absolute atomic E-state index is 0.0277. The summed E-state index contributed by atoms with van der Waals surface area (Å²) < 4.78 is 31.7. The fraction of sp³-hybridized carbons (Fsp3) is 0.478. The maximum atomic E-state index is 12.3. The van der Waals surface area contributed by atoms with Gasteiger partial charge in [-0.1, -0.05) is 6.07 Å². The first-order valence-corrected chi connectivity index (χ1v) is 11.7. The number of anilines is 2. The van der Waals surface area contributed by atoms with Crippen LogP contribution in [0, 0.1) is 6.92 Å². The van der Waals surface area contributed by atoms with Crippen molar-refractivity contribution in [2.45, 2.75) is 51.4 Å². The highest BCUT2D eigenvalue weighted by molar-refractivity contribution is 7.12. The van der Waals surface area contributed by atoms with Crippen LogP contribution in [0.5, 0.6) is 0 Å². The number of aryl methyl sites for hydroxylation is 1. The third-order valence-corrected chi connectivity index (χ3v) is 6.92. The number of carboxylic acid groups (broad SMARTS) is 1. The number of carbonyl (C=O) groups excluding carboxylic acids is 1. The standard InChI is InChI=1S/C21H27N3OS.C2HF3O2/c1-15-13-17(7-8-19(15)22-21(25)20-6-4-12-26-20)23-11-9-18(14-23)24-10-3-5-16(24)2;3-2(4,5)1(6)7/h4,6-8,12-13,16,18H,3,5,9-11,14H2,1-2H3,(H,22,25);(H,6,7). The zero-order chi connectivity index (χ0) is 24.2. The van der Waals surface area contributed by atoms with E-state index in [0.717, 1.165) is 35.3 Å². The molecule has 1 aromatic heterocycles. The molecule has 2 unspecified atom stereocenters. The first-order chi connectivity index (χ1) is 15.6. The highest BCUT2D eigenvalue weighted by Crippen LogP contribution is 2.30. The molecule has 2 aliphatic heterocycles. The van der Waals surface area contributed by atoms with Gasteiger partial charge in [-0.15, -0.1) is 11.3 Å². The second kappa shape index (κ2) is 10.6. The zero-order valence-electron chi connectivity index (χ0n) is 18.6. The molecular formula is C23H28F3N3O3S. The molecule has 33 heavy (non-hydrogen) atoms. The van der Waals surface area contributed by atoms with E-state index in [1.165, 1.54) is 42.8 Å². The maximum Gasteiger partial charge on any atom is 0.490 e.